The summed E-state index contributed by atoms with van der Waals surface area (Å²) in [6, 6.07) is 16.0. The lowest BCUT2D eigenvalue weighted by atomic mass is 9.90. The van der Waals surface area contributed by atoms with Gasteiger partial charge in [-0.1, -0.05) is 23.8 Å². The van der Waals surface area contributed by atoms with Crippen LogP contribution in [0.25, 0.3) is 33.4 Å². The molecule has 5 atom stereocenters. The van der Waals surface area contributed by atoms with Gasteiger partial charge >= 0.3 is 0 Å². The van der Waals surface area contributed by atoms with Crippen molar-refractivity contribution in [2.75, 3.05) is 6.61 Å². The molecule has 2 heterocycles. The van der Waals surface area contributed by atoms with E-state index in [9.17, 15) is 25.2 Å². The van der Waals surface area contributed by atoms with Gasteiger partial charge in [0.15, 0.2) is 5.43 Å². The van der Waals surface area contributed by atoms with Gasteiger partial charge in [-0.2, -0.15) is 0 Å². The molecule has 35 heavy (non-hydrogen) atoms. The summed E-state index contributed by atoms with van der Waals surface area (Å²) in [6.07, 6.45) is -6.97. The van der Waals surface area contributed by atoms with E-state index in [1.165, 1.54) is 12.1 Å². The maximum Gasteiger partial charge on any atom is 0.229 e. The summed E-state index contributed by atoms with van der Waals surface area (Å²) < 4.78 is 17.3. The maximum absolute atomic E-state index is 12.1. The second-order valence-electron chi connectivity index (χ2n) is 8.93. The second-order valence-corrected chi connectivity index (χ2v) is 8.93. The van der Waals surface area contributed by atoms with Gasteiger partial charge in [-0.25, -0.2) is 0 Å². The van der Waals surface area contributed by atoms with Gasteiger partial charge in [0.1, 0.15) is 41.5 Å². The summed E-state index contributed by atoms with van der Waals surface area (Å²) in [5.41, 5.74) is 5.19. The first-order valence-corrected chi connectivity index (χ1v) is 11.3. The zero-order chi connectivity index (χ0) is 24.9. The first-order valence-electron chi connectivity index (χ1n) is 11.3. The third-order valence-corrected chi connectivity index (χ3v) is 6.42. The Morgan fingerprint density at radius 3 is 2.40 bits per heavy atom. The monoisotopic (exact) mass is 478 g/mol. The largest absolute Gasteiger partial charge is 0.462 e. The molecular weight excluding hydrogens is 452 g/mol. The van der Waals surface area contributed by atoms with Crippen LogP contribution in [0.2, 0.25) is 0 Å². The molecule has 8 heteroatoms. The van der Waals surface area contributed by atoms with Gasteiger partial charge in [0, 0.05) is 28.6 Å². The first kappa shape index (κ1) is 23.5. The molecule has 2 aromatic carbocycles. The maximum atomic E-state index is 12.1. The van der Waals surface area contributed by atoms with Crippen LogP contribution in [0.4, 0.5) is 0 Å². The highest BCUT2D eigenvalue weighted by Crippen LogP contribution is 2.42. The van der Waals surface area contributed by atoms with Gasteiger partial charge in [-0.05, 0) is 49.2 Å². The van der Waals surface area contributed by atoms with E-state index in [0.717, 1.165) is 33.2 Å². The van der Waals surface area contributed by atoms with Gasteiger partial charge in [0.25, 0.3) is 0 Å². The van der Waals surface area contributed by atoms with E-state index in [4.69, 9.17) is 13.9 Å². The normalized spacial score (nSPS) is 24.7. The van der Waals surface area contributed by atoms with Crippen LogP contribution < -0.4 is 10.2 Å². The van der Waals surface area contributed by atoms with Gasteiger partial charge in [0.2, 0.25) is 6.29 Å². The van der Waals surface area contributed by atoms with Crippen LogP contribution in [0.3, 0.4) is 0 Å². The summed E-state index contributed by atoms with van der Waals surface area (Å²) in [6.45, 7) is 3.50. The van der Waals surface area contributed by atoms with Crippen LogP contribution in [0.1, 0.15) is 11.1 Å². The van der Waals surface area contributed by atoms with Crippen LogP contribution >= 0.6 is 0 Å². The minimum Gasteiger partial charge on any atom is -0.462 e. The highest BCUT2D eigenvalue weighted by molar-refractivity contribution is 6.02. The summed E-state index contributed by atoms with van der Waals surface area (Å²) >= 11 is 0. The minimum absolute atomic E-state index is 0.180. The number of aryl methyl sites for hydroxylation is 2. The Kier molecular flexibility index (Phi) is 6.08. The molecule has 0 amide bonds. The molecule has 0 aromatic heterocycles. The van der Waals surface area contributed by atoms with Crippen molar-refractivity contribution in [2.45, 2.75) is 44.6 Å². The summed E-state index contributed by atoms with van der Waals surface area (Å²) in [5.74, 6) is 0.694. The van der Waals surface area contributed by atoms with E-state index in [-0.39, 0.29) is 11.2 Å². The molecule has 4 N–H and O–H groups in total. The predicted octanol–water partition coefficient (Wildman–Crippen LogP) is 2.36. The average molecular weight is 478 g/mol. The van der Waals surface area contributed by atoms with Crippen LogP contribution in [-0.4, -0.2) is 57.7 Å². The quantitative estimate of drug-likeness (QED) is 0.329. The number of rotatable bonds is 4. The number of hydrogen-bond acceptors (Lipinski definition) is 8. The molecule has 0 saturated carbocycles. The first-order chi connectivity index (χ1) is 16.8. The lowest BCUT2D eigenvalue weighted by Gasteiger charge is -2.39. The molecule has 1 fully saturated rings. The predicted molar refractivity (Wildman–Crippen MR) is 128 cm³/mol. The molecule has 1 aliphatic carbocycles. The average Bonchev–Trinajstić information content (AvgIpc) is 2.83. The number of aliphatic hydroxyl groups excluding tert-OH is 4. The number of aliphatic hydroxyl groups is 4. The zero-order valence-electron chi connectivity index (χ0n) is 19.2. The van der Waals surface area contributed by atoms with E-state index in [2.05, 4.69) is 6.07 Å². The molecule has 1 saturated heterocycles. The Hall–Kier alpha value is -3.27. The molecule has 2 aliphatic heterocycles. The number of hydrogen-bond donors (Lipinski definition) is 4. The van der Waals surface area contributed by atoms with E-state index in [1.54, 1.807) is 18.2 Å². The summed E-state index contributed by atoms with van der Waals surface area (Å²) in [5, 5.41) is 40.6. The van der Waals surface area contributed by atoms with Crippen molar-refractivity contribution >= 4 is 11.0 Å². The molecule has 0 radical (unpaired) electrons. The Morgan fingerprint density at radius 1 is 0.886 bits per heavy atom. The molecule has 5 rings (SSSR count). The Bertz CT molecular complexity index is 1410. The summed E-state index contributed by atoms with van der Waals surface area (Å²) in [7, 11) is 0. The Morgan fingerprint density at radius 2 is 1.66 bits per heavy atom. The van der Waals surface area contributed by atoms with Crippen LogP contribution in [0, 0.1) is 13.8 Å². The van der Waals surface area contributed by atoms with Crippen molar-refractivity contribution in [2.24, 2.45) is 0 Å². The highest BCUT2D eigenvalue weighted by Gasteiger charge is 2.44. The van der Waals surface area contributed by atoms with E-state index in [0.29, 0.717) is 11.3 Å². The minimum atomic E-state index is -1.55. The molecule has 0 bridgehead atoms. The highest BCUT2D eigenvalue weighted by atomic mass is 16.7. The smallest absolute Gasteiger partial charge is 0.229 e. The lowest BCUT2D eigenvalue weighted by Crippen LogP contribution is -2.60. The molecule has 182 valence electrons. The zero-order valence-corrected chi connectivity index (χ0v) is 19.2. The summed E-state index contributed by atoms with van der Waals surface area (Å²) in [4.78, 5) is 12.1. The molecule has 3 aliphatic rings. The second kappa shape index (κ2) is 9.07. The Balaban J connectivity index is 1.62. The standard InChI is InChI=1S/C27H26O8/c1-13-3-6-17(14(2)9-13)23-18-7-4-15(29)10-20(18)34-21-11-16(5-8-19(21)23)33-27-26(32)25(31)24(30)22(12-28)35-27/h3-11,22,24-28,30-32H,12H2,1-2H3/t22?,24-,25-,26?,27+/m0/s1. The van der Waals surface area contributed by atoms with Crippen LogP contribution in [0.5, 0.6) is 5.75 Å². The Labute approximate surface area is 200 Å². The fourth-order valence-corrected chi connectivity index (χ4v) is 4.61. The van der Waals surface area contributed by atoms with Crippen LogP contribution in [0.15, 0.2) is 63.8 Å². The fourth-order valence-electron chi connectivity index (χ4n) is 4.61. The van der Waals surface area contributed by atoms with Gasteiger partial charge < -0.3 is 34.3 Å². The third-order valence-electron chi connectivity index (χ3n) is 6.42. The van der Waals surface area contributed by atoms with Crippen molar-refractivity contribution in [1.82, 2.24) is 0 Å². The van der Waals surface area contributed by atoms with Crippen molar-refractivity contribution in [3.8, 4) is 28.2 Å². The van der Waals surface area contributed by atoms with Crippen molar-refractivity contribution < 1.29 is 34.3 Å². The molecular formula is C27H26O8. The van der Waals surface area contributed by atoms with E-state index in [1.807, 2.05) is 32.0 Å². The molecule has 8 nitrogen and oxygen atoms in total. The van der Waals surface area contributed by atoms with Crippen LogP contribution in [-0.2, 0) is 4.74 Å². The molecule has 2 unspecified atom stereocenters. The van der Waals surface area contributed by atoms with Gasteiger partial charge in [-0.3, -0.25) is 4.79 Å². The molecule has 2 aromatic rings. The third kappa shape index (κ3) is 4.20. The van der Waals surface area contributed by atoms with E-state index >= 15 is 0 Å². The van der Waals surface area contributed by atoms with E-state index < -0.39 is 37.3 Å². The lowest BCUT2D eigenvalue weighted by molar-refractivity contribution is -0.277. The van der Waals surface area contributed by atoms with Crippen molar-refractivity contribution in [3.05, 3.63) is 75.9 Å². The van der Waals surface area contributed by atoms with Gasteiger partial charge in [-0.15, -0.1) is 0 Å². The van der Waals surface area contributed by atoms with Crippen molar-refractivity contribution in [3.63, 3.8) is 0 Å². The number of fused-ring (bicyclic) bond motifs is 2. The SMILES string of the molecule is Cc1ccc(-c2c3ccc(=O)cc-3oc3cc(O[C@@H]4OC(CO)[C@H](O)[C@H](O)C4O)ccc23)c(C)c1. The fraction of sp³-hybridized carbons (Fsp3) is 0.296. The van der Waals surface area contributed by atoms with Gasteiger partial charge in [0.05, 0.1) is 6.61 Å². The number of benzene rings is 3. The molecule has 0 spiro atoms. The topological polar surface area (TPSA) is 130 Å². The van der Waals surface area contributed by atoms with Crippen molar-refractivity contribution in [1.29, 1.82) is 0 Å². The number of ether oxygens (including phenoxy) is 2.